The number of nitrogens with zero attached hydrogens (tertiary/aromatic N) is 1. The van der Waals surface area contributed by atoms with E-state index in [4.69, 9.17) is 4.74 Å². The molecule has 0 saturated heterocycles. The van der Waals surface area contributed by atoms with Crippen LogP contribution in [0.5, 0.6) is 0 Å². The molecule has 3 nitrogen and oxygen atoms in total. The van der Waals surface area contributed by atoms with E-state index in [2.05, 4.69) is 25.6 Å². The molecule has 0 heterocycles. The largest absolute Gasteiger partial charge is 2.00 e. The van der Waals surface area contributed by atoms with Gasteiger partial charge in [-0.1, -0.05) is 13.8 Å². The molecule has 0 bridgehead atoms. The van der Waals surface area contributed by atoms with Gasteiger partial charge in [0.25, 0.3) is 0 Å². The number of ether oxygens (including phenoxy) is 1. The van der Waals surface area contributed by atoms with Crippen LogP contribution in [0.2, 0.25) is 0 Å². The van der Waals surface area contributed by atoms with Crippen molar-refractivity contribution in [2.24, 2.45) is 5.92 Å². The monoisotopic (exact) mass is 223 g/mol. The number of rotatable bonds is 2. The van der Waals surface area contributed by atoms with Crippen LogP contribution in [0.3, 0.4) is 0 Å². The van der Waals surface area contributed by atoms with E-state index in [0.717, 1.165) is 3.71 Å². The summed E-state index contributed by atoms with van der Waals surface area (Å²) in [5.74, 6) is 0.338. The van der Waals surface area contributed by atoms with Gasteiger partial charge in [0.1, 0.15) is 0 Å². The Bertz CT molecular complexity index is 129. The maximum absolute atomic E-state index is 10.6. The van der Waals surface area contributed by atoms with Gasteiger partial charge in [-0.05, 0) is 31.5 Å². The summed E-state index contributed by atoms with van der Waals surface area (Å²) in [7, 11) is 0. The molecule has 0 aliphatic heterocycles. The van der Waals surface area contributed by atoms with Crippen molar-refractivity contribution in [3.05, 3.63) is 0 Å². The van der Waals surface area contributed by atoms with Crippen LogP contribution in [0.4, 0.5) is 4.79 Å². The van der Waals surface area contributed by atoms with E-state index in [1.54, 1.807) is 0 Å². The van der Waals surface area contributed by atoms with Gasteiger partial charge < -0.3 is 7.59 Å². The van der Waals surface area contributed by atoms with Gasteiger partial charge in [-0.3, -0.25) is 0 Å². The molecule has 0 aromatic heterocycles. The molecule has 0 radical (unpaired) electrons. The Labute approximate surface area is 111 Å². The molecule has 0 unspecified atom stereocenters. The zero-order valence-corrected chi connectivity index (χ0v) is 10.6. The Balaban J connectivity index is -0.000000135. The fourth-order valence-electron chi connectivity index (χ4n) is 0.296. The maximum Gasteiger partial charge on any atom is 2.00 e. The summed E-state index contributed by atoms with van der Waals surface area (Å²) < 4.78 is 5.51. The molecule has 0 rings (SSSR count). The minimum Gasteiger partial charge on any atom is -1.00 e. The predicted molar refractivity (Wildman–Crippen MR) is 54.0 cm³/mol. The summed E-state index contributed by atoms with van der Waals surface area (Å²) >= 11 is 7.24. The Morgan fingerprint density at radius 3 is 2.36 bits per heavy atom. The smallest absolute Gasteiger partial charge is 1.00 e. The van der Waals surface area contributed by atoms with Crippen LogP contribution in [0, 0.1) is 5.92 Å². The number of hydrogen-bond acceptors (Lipinski definition) is 4. The van der Waals surface area contributed by atoms with Gasteiger partial charge >= 0.3 is 43.8 Å². The summed E-state index contributed by atoms with van der Waals surface area (Å²) in [5.41, 5.74) is 0. The standard InChI is InChI=1S/C5H11NO2S2.Ca.2H/c1-4(2)3-8-5(7)6(9)10;;;/h4,9-10H,3H2,1-2H3;;;/q;+2;2*-1. The van der Waals surface area contributed by atoms with Crippen molar-refractivity contribution in [3.8, 4) is 0 Å². The van der Waals surface area contributed by atoms with Gasteiger partial charge in [-0.25, -0.2) is 4.79 Å². The molecule has 0 aliphatic carbocycles. The van der Waals surface area contributed by atoms with Gasteiger partial charge in [0.05, 0.1) is 6.61 Å². The average Bonchev–Trinajstić information content (AvgIpc) is 1.82. The van der Waals surface area contributed by atoms with Crippen molar-refractivity contribution in [1.29, 1.82) is 0 Å². The molecular weight excluding hydrogens is 210 g/mol. The Morgan fingerprint density at radius 1 is 1.64 bits per heavy atom. The third kappa shape index (κ3) is 9.14. The Hall–Kier alpha value is 1.23. The van der Waals surface area contributed by atoms with Gasteiger partial charge in [-0.15, -0.1) is 0 Å². The van der Waals surface area contributed by atoms with Crippen molar-refractivity contribution in [1.82, 2.24) is 3.71 Å². The van der Waals surface area contributed by atoms with E-state index >= 15 is 0 Å². The third-order valence-electron chi connectivity index (χ3n) is 0.703. The van der Waals surface area contributed by atoms with Gasteiger partial charge in [0.2, 0.25) is 0 Å². The first kappa shape index (κ1) is 14.7. The molecule has 1 amide bonds. The third-order valence-corrected chi connectivity index (χ3v) is 1.03. The molecule has 0 aromatic carbocycles. The summed E-state index contributed by atoms with van der Waals surface area (Å²) in [5, 5.41) is 0. The Kier molecular flexibility index (Phi) is 10.5. The van der Waals surface area contributed by atoms with E-state index in [9.17, 15) is 4.79 Å². The Morgan fingerprint density at radius 2 is 2.09 bits per heavy atom. The van der Waals surface area contributed by atoms with Crippen molar-refractivity contribution in [3.63, 3.8) is 0 Å². The second-order valence-corrected chi connectivity index (χ2v) is 3.38. The maximum atomic E-state index is 10.6. The SMILES string of the molecule is CC(C)COC(=O)N(S)S.[Ca+2].[H-].[H-]. The molecule has 0 saturated carbocycles. The van der Waals surface area contributed by atoms with E-state index in [-0.39, 0.29) is 40.6 Å². The van der Waals surface area contributed by atoms with Crippen LogP contribution in [-0.4, -0.2) is 54.1 Å². The second-order valence-electron chi connectivity index (χ2n) is 2.26. The average molecular weight is 223 g/mol. The zero-order chi connectivity index (χ0) is 8.15. The van der Waals surface area contributed by atoms with Crippen molar-refractivity contribution < 1.29 is 12.4 Å². The normalized spacial score (nSPS) is 8.82. The molecule has 11 heavy (non-hydrogen) atoms. The summed E-state index contributed by atoms with van der Waals surface area (Å²) in [6.07, 6.45) is -0.541. The fourth-order valence-corrected chi connectivity index (χ4v) is 0.411. The van der Waals surface area contributed by atoms with Crippen molar-refractivity contribution in [2.45, 2.75) is 13.8 Å². The fraction of sp³-hybridized carbons (Fsp3) is 0.800. The molecule has 0 fully saturated rings. The topological polar surface area (TPSA) is 29.5 Å². The number of amides is 1. The quantitative estimate of drug-likeness (QED) is 0.550. The number of hydrogen-bond donors (Lipinski definition) is 2. The van der Waals surface area contributed by atoms with E-state index < -0.39 is 6.09 Å². The number of carbonyl (C=O) groups excluding carboxylic acids is 1. The first-order valence-corrected chi connectivity index (χ1v) is 3.68. The van der Waals surface area contributed by atoms with Gasteiger partial charge in [-0.2, -0.15) is 3.71 Å². The second kappa shape index (κ2) is 7.86. The van der Waals surface area contributed by atoms with Gasteiger partial charge in [0, 0.05) is 0 Å². The summed E-state index contributed by atoms with van der Waals surface area (Å²) in [6, 6.07) is 0. The van der Waals surface area contributed by atoms with Crippen LogP contribution in [0.25, 0.3) is 0 Å². The molecule has 6 heteroatoms. The number of thiol groups is 2. The van der Waals surface area contributed by atoms with Crippen LogP contribution < -0.4 is 0 Å². The molecule has 0 N–H and O–H groups in total. The van der Waals surface area contributed by atoms with Crippen LogP contribution >= 0.6 is 25.6 Å². The van der Waals surface area contributed by atoms with E-state index in [1.807, 2.05) is 13.8 Å². The molecule has 0 spiro atoms. The summed E-state index contributed by atoms with van der Waals surface area (Å²) in [4.78, 5) is 10.6. The van der Waals surface area contributed by atoms with Crippen molar-refractivity contribution >= 4 is 69.5 Å². The first-order chi connectivity index (χ1) is 4.54. The van der Waals surface area contributed by atoms with E-state index in [1.165, 1.54) is 0 Å². The van der Waals surface area contributed by atoms with Crippen LogP contribution in [-0.2, 0) is 4.74 Å². The van der Waals surface area contributed by atoms with Crippen LogP contribution in [0.1, 0.15) is 16.7 Å². The summed E-state index contributed by atoms with van der Waals surface area (Å²) in [6.45, 7) is 4.31. The molecule has 0 aromatic rings. The molecule has 0 atom stereocenters. The predicted octanol–water partition coefficient (Wildman–Crippen LogP) is 1.61. The first-order valence-electron chi connectivity index (χ1n) is 2.88. The minimum atomic E-state index is -0.541. The zero-order valence-electron chi connectivity index (χ0n) is 8.65. The van der Waals surface area contributed by atoms with E-state index in [0.29, 0.717) is 12.5 Å². The van der Waals surface area contributed by atoms with Crippen molar-refractivity contribution in [2.75, 3.05) is 6.61 Å². The van der Waals surface area contributed by atoms with Crippen LogP contribution in [0.15, 0.2) is 0 Å². The number of carbonyl (C=O) groups is 1. The molecular formula is C5H13CaNO2S2. The molecule has 0 aliphatic rings. The minimum absolute atomic E-state index is 0. The van der Waals surface area contributed by atoms with Gasteiger partial charge in [0.15, 0.2) is 0 Å². The molecule has 64 valence electrons.